The van der Waals surface area contributed by atoms with Gasteiger partial charge in [-0.15, -0.1) is 6.42 Å². The van der Waals surface area contributed by atoms with Crippen molar-refractivity contribution >= 4 is 11.6 Å². The van der Waals surface area contributed by atoms with Gasteiger partial charge in [0.15, 0.2) is 0 Å². The first-order chi connectivity index (χ1) is 6.63. The van der Waals surface area contributed by atoms with E-state index in [2.05, 4.69) is 11.2 Å². The maximum atomic E-state index is 11.5. The molecular formula is C11H12N2O. The maximum absolute atomic E-state index is 11.5. The lowest BCUT2D eigenvalue weighted by molar-refractivity contribution is 0.0948. The third-order valence-electron chi connectivity index (χ3n) is 1.77. The summed E-state index contributed by atoms with van der Waals surface area (Å²) < 4.78 is 0. The normalized spacial score (nSPS) is 11.4. The van der Waals surface area contributed by atoms with Crippen LogP contribution in [0.5, 0.6) is 0 Å². The fourth-order valence-corrected chi connectivity index (χ4v) is 0.956. The van der Waals surface area contributed by atoms with Crippen LogP contribution in [0.15, 0.2) is 24.3 Å². The second-order valence-corrected chi connectivity index (χ2v) is 2.98. The molecule has 0 spiro atoms. The van der Waals surface area contributed by atoms with Gasteiger partial charge in [0.25, 0.3) is 5.91 Å². The van der Waals surface area contributed by atoms with Gasteiger partial charge in [-0.25, -0.2) is 0 Å². The highest BCUT2D eigenvalue weighted by atomic mass is 16.1. The molecule has 72 valence electrons. The average Bonchev–Trinajstić information content (AvgIpc) is 2.18. The largest absolute Gasteiger partial charge is 0.399 e. The predicted molar refractivity (Wildman–Crippen MR) is 56.6 cm³/mol. The zero-order valence-corrected chi connectivity index (χ0v) is 7.95. The van der Waals surface area contributed by atoms with E-state index in [1.165, 1.54) is 0 Å². The van der Waals surface area contributed by atoms with Crippen molar-refractivity contribution in [2.24, 2.45) is 0 Å². The van der Waals surface area contributed by atoms with Gasteiger partial charge in [0, 0.05) is 11.3 Å². The molecule has 0 fully saturated rings. The molecule has 1 unspecified atom stereocenters. The van der Waals surface area contributed by atoms with E-state index in [0.29, 0.717) is 11.3 Å². The Balaban J connectivity index is 2.71. The quantitative estimate of drug-likeness (QED) is 0.537. The molecule has 0 bridgehead atoms. The van der Waals surface area contributed by atoms with E-state index >= 15 is 0 Å². The van der Waals surface area contributed by atoms with Gasteiger partial charge < -0.3 is 11.1 Å². The molecule has 0 aromatic heterocycles. The second-order valence-electron chi connectivity index (χ2n) is 2.98. The molecule has 0 saturated heterocycles. The number of nitrogens with one attached hydrogen (secondary N) is 1. The van der Waals surface area contributed by atoms with Crippen molar-refractivity contribution in [3.8, 4) is 12.3 Å². The van der Waals surface area contributed by atoms with Crippen LogP contribution in [0.1, 0.15) is 17.3 Å². The van der Waals surface area contributed by atoms with Crippen molar-refractivity contribution in [2.45, 2.75) is 13.0 Å². The number of nitrogen functional groups attached to an aromatic ring is 1. The molecule has 0 aliphatic carbocycles. The number of hydrogen-bond donors (Lipinski definition) is 2. The molecule has 0 aliphatic rings. The number of amides is 1. The smallest absolute Gasteiger partial charge is 0.252 e. The first kappa shape index (κ1) is 10.1. The van der Waals surface area contributed by atoms with Crippen molar-refractivity contribution in [3.63, 3.8) is 0 Å². The number of carbonyl (C=O) groups excluding carboxylic acids is 1. The van der Waals surface area contributed by atoms with Crippen LogP contribution in [0.4, 0.5) is 5.69 Å². The lowest BCUT2D eigenvalue weighted by atomic mass is 10.2. The number of rotatable bonds is 2. The molecule has 1 aromatic carbocycles. The third-order valence-corrected chi connectivity index (χ3v) is 1.77. The van der Waals surface area contributed by atoms with Crippen molar-refractivity contribution in [2.75, 3.05) is 5.73 Å². The number of benzene rings is 1. The molecular weight excluding hydrogens is 176 g/mol. The highest BCUT2D eigenvalue weighted by molar-refractivity contribution is 5.94. The van der Waals surface area contributed by atoms with E-state index in [1.54, 1.807) is 31.2 Å². The molecule has 0 aliphatic heterocycles. The van der Waals surface area contributed by atoms with Crippen LogP contribution in [0.2, 0.25) is 0 Å². The number of anilines is 1. The molecule has 1 atom stereocenters. The van der Waals surface area contributed by atoms with Crippen molar-refractivity contribution < 1.29 is 4.79 Å². The van der Waals surface area contributed by atoms with E-state index in [4.69, 9.17) is 12.2 Å². The van der Waals surface area contributed by atoms with Gasteiger partial charge in [-0.3, -0.25) is 4.79 Å². The Bertz CT molecular complexity index is 362. The minimum absolute atomic E-state index is 0.185. The summed E-state index contributed by atoms with van der Waals surface area (Å²) in [6, 6.07) is 6.41. The van der Waals surface area contributed by atoms with Gasteiger partial charge in [0.1, 0.15) is 0 Å². The highest BCUT2D eigenvalue weighted by Crippen LogP contribution is 2.05. The molecule has 0 saturated carbocycles. The van der Waals surface area contributed by atoms with E-state index in [0.717, 1.165) is 0 Å². The van der Waals surface area contributed by atoms with Gasteiger partial charge in [0.05, 0.1) is 6.04 Å². The van der Waals surface area contributed by atoms with Crippen molar-refractivity contribution in [1.82, 2.24) is 5.32 Å². The minimum atomic E-state index is -0.264. The molecule has 0 radical (unpaired) electrons. The summed E-state index contributed by atoms with van der Waals surface area (Å²) in [6.45, 7) is 1.75. The summed E-state index contributed by atoms with van der Waals surface area (Å²) in [4.78, 5) is 11.5. The zero-order valence-electron chi connectivity index (χ0n) is 7.95. The molecule has 3 nitrogen and oxygen atoms in total. The molecule has 1 rings (SSSR count). The number of nitrogens with two attached hydrogens (primary N) is 1. The van der Waals surface area contributed by atoms with E-state index in [-0.39, 0.29) is 11.9 Å². The van der Waals surface area contributed by atoms with Crippen LogP contribution in [0.3, 0.4) is 0 Å². The summed E-state index contributed by atoms with van der Waals surface area (Å²) in [5.74, 6) is 2.24. The number of terminal acetylenes is 1. The molecule has 3 N–H and O–H groups in total. The lowest BCUT2D eigenvalue weighted by Crippen LogP contribution is -2.31. The Morgan fingerprint density at radius 1 is 1.50 bits per heavy atom. The Morgan fingerprint density at radius 3 is 2.57 bits per heavy atom. The SMILES string of the molecule is C#CC(C)NC(=O)c1ccc(N)cc1. The number of carbonyl (C=O) groups is 1. The highest BCUT2D eigenvalue weighted by Gasteiger charge is 2.06. The van der Waals surface area contributed by atoms with Crippen LogP contribution in [-0.4, -0.2) is 11.9 Å². The molecule has 0 heterocycles. The number of hydrogen-bond acceptors (Lipinski definition) is 2. The fraction of sp³-hybridized carbons (Fsp3) is 0.182. The predicted octanol–water partition coefficient (Wildman–Crippen LogP) is 1.02. The van der Waals surface area contributed by atoms with Gasteiger partial charge in [0.2, 0.25) is 0 Å². The molecule has 1 amide bonds. The third kappa shape index (κ3) is 2.53. The van der Waals surface area contributed by atoms with Crippen LogP contribution in [0.25, 0.3) is 0 Å². The van der Waals surface area contributed by atoms with Crippen LogP contribution in [0, 0.1) is 12.3 Å². The summed E-state index contributed by atoms with van der Waals surface area (Å²) >= 11 is 0. The van der Waals surface area contributed by atoms with E-state index < -0.39 is 0 Å². The zero-order chi connectivity index (χ0) is 10.6. The fourth-order valence-electron chi connectivity index (χ4n) is 0.956. The van der Waals surface area contributed by atoms with E-state index in [9.17, 15) is 4.79 Å². The van der Waals surface area contributed by atoms with Crippen molar-refractivity contribution in [1.29, 1.82) is 0 Å². The molecule has 1 aromatic rings. The Kier molecular flexibility index (Phi) is 3.14. The van der Waals surface area contributed by atoms with Crippen LogP contribution >= 0.6 is 0 Å². The van der Waals surface area contributed by atoms with Gasteiger partial charge in [-0.05, 0) is 31.2 Å². The van der Waals surface area contributed by atoms with Gasteiger partial charge in [-0.2, -0.15) is 0 Å². The Labute approximate surface area is 83.3 Å². The van der Waals surface area contributed by atoms with E-state index in [1.807, 2.05) is 0 Å². The minimum Gasteiger partial charge on any atom is -0.399 e. The summed E-state index contributed by atoms with van der Waals surface area (Å²) in [7, 11) is 0. The summed E-state index contributed by atoms with van der Waals surface area (Å²) in [5, 5.41) is 2.65. The first-order valence-corrected chi connectivity index (χ1v) is 4.26. The summed E-state index contributed by atoms with van der Waals surface area (Å²) in [5.41, 5.74) is 6.68. The Morgan fingerprint density at radius 2 is 2.07 bits per heavy atom. The molecule has 14 heavy (non-hydrogen) atoms. The summed E-state index contributed by atoms with van der Waals surface area (Å²) in [6.07, 6.45) is 5.14. The van der Waals surface area contributed by atoms with Gasteiger partial charge >= 0.3 is 0 Å². The second kappa shape index (κ2) is 4.33. The standard InChI is InChI=1S/C11H12N2O/c1-3-8(2)13-11(14)9-4-6-10(12)7-5-9/h1,4-8H,12H2,2H3,(H,13,14). The van der Waals surface area contributed by atoms with Gasteiger partial charge in [-0.1, -0.05) is 5.92 Å². The lowest BCUT2D eigenvalue weighted by Gasteiger charge is -2.07. The Hall–Kier alpha value is -1.95. The topological polar surface area (TPSA) is 55.1 Å². The molecule has 3 heteroatoms. The monoisotopic (exact) mass is 188 g/mol. The first-order valence-electron chi connectivity index (χ1n) is 4.26. The maximum Gasteiger partial charge on any atom is 0.252 e. The van der Waals surface area contributed by atoms with Crippen molar-refractivity contribution in [3.05, 3.63) is 29.8 Å². The average molecular weight is 188 g/mol. The van der Waals surface area contributed by atoms with Crippen LogP contribution < -0.4 is 11.1 Å². The van der Waals surface area contributed by atoms with Crippen LogP contribution in [-0.2, 0) is 0 Å².